The molecule has 7 heteroatoms. The summed E-state index contributed by atoms with van der Waals surface area (Å²) in [6, 6.07) is 23.2. The zero-order valence-corrected chi connectivity index (χ0v) is 19.4. The quantitative estimate of drug-likeness (QED) is 0.488. The molecule has 33 heavy (non-hydrogen) atoms. The van der Waals surface area contributed by atoms with E-state index in [1.54, 1.807) is 37.4 Å². The Morgan fingerprint density at radius 3 is 2.27 bits per heavy atom. The lowest BCUT2D eigenvalue weighted by Gasteiger charge is -2.31. The fraction of sp³-hybridized carbons (Fsp3) is 0.231. The van der Waals surface area contributed by atoms with E-state index in [2.05, 4.69) is 5.32 Å². The van der Waals surface area contributed by atoms with Crippen LogP contribution < -0.4 is 14.8 Å². The van der Waals surface area contributed by atoms with E-state index in [0.717, 1.165) is 11.1 Å². The van der Waals surface area contributed by atoms with Crippen LogP contribution in [0.1, 0.15) is 11.1 Å². The predicted molar refractivity (Wildman–Crippen MR) is 128 cm³/mol. The number of likely N-dealkylation sites (N-methyl/N-ethyl adjacent to an activating group) is 1. The number of amides is 2. The third-order valence-corrected chi connectivity index (χ3v) is 5.41. The van der Waals surface area contributed by atoms with Crippen LogP contribution in [0.4, 0.5) is 0 Å². The van der Waals surface area contributed by atoms with Crippen LogP contribution in [0.5, 0.6) is 11.5 Å². The van der Waals surface area contributed by atoms with Gasteiger partial charge < -0.3 is 19.7 Å². The molecule has 0 aliphatic rings. The smallest absolute Gasteiger partial charge is 0.261 e. The highest BCUT2D eigenvalue weighted by Crippen LogP contribution is 2.26. The minimum absolute atomic E-state index is 0.208. The molecule has 3 aromatic rings. The van der Waals surface area contributed by atoms with E-state index in [1.807, 2.05) is 48.5 Å². The van der Waals surface area contributed by atoms with Crippen LogP contribution in [0, 0.1) is 0 Å². The summed E-state index contributed by atoms with van der Waals surface area (Å²) in [6.07, 6.45) is 0.363. The molecule has 0 saturated heterocycles. The zero-order chi connectivity index (χ0) is 23.6. The Bertz CT molecular complexity index is 1070. The number of carbonyl (C=O) groups excluding carboxylic acids is 2. The van der Waals surface area contributed by atoms with Crippen molar-refractivity contribution in [2.75, 3.05) is 20.8 Å². The number of ether oxygens (including phenoxy) is 2. The number of benzene rings is 3. The molecule has 3 rings (SSSR count). The van der Waals surface area contributed by atoms with Crippen molar-refractivity contribution in [1.82, 2.24) is 10.2 Å². The molecule has 0 spiro atoms. The van der Waals surface area contributed by atoms with Crippen LogP contribution in [0.2, 0.25) is 5.02 Å². The van der Waals surface area contributed by atoms with Gasteiger partial charge in [-0.1, -0.05) is 66.2 Å². The van der Waals surface area contributed by atoms with E-state index >= 15 is 0 Å². The van der Waals surface area contributed by atoms with Gasteiger partial charge in [0.1, 0.15) is 6.04 Å². The van der Waals surface area contributed by atoms with Gasteiger partial charge in [-0.2, -0.15) is 0 Å². The topological polar surface area (TPSA) is 67.9 Å². The summed E-state index contributed by atoms with van der Waals surface area (Å²) in [4.78, 5) is 27.8. The summed E-state index contributed by atoms with van der Waals surface area (Å²) in [5, 5.41) is 3.25. The van der Waals surface area contributed by atoms with Gasteiger partial charge >= 0.3 is 0 Å². The van der Waals surface area contributed by atoms with Crippen LogP contribution in [0.25, 0.3) is 0 Å². The predicted octanol–water partition coefficient (Wildman–Crippen LogP) is 4.11. The molecule has 0 radical (unpaired) electrons. The van der Waals surface area contributed by atoms with Crippen LogP contribution in [-0.4, -0.2) is 43.5 Å². The number of halogens is 1. The van der Waals surface area contributed by atoms with Crippen molar-refractivity contribution in [2.24, 2.45) is 0 Å². The molecule has 3 aromatic carbocycles. The standard InChI is InChI=1S/C26H27ClN2O4/c1-28-26(31)22(16-19-9-4-3-5-10-19)29(17-20-11-8-12-21(27)15-20)25(30)18-33-24-14-7-6-13-23(24)32-2/h3-15,22H,16-18H2,1-2H3,(H,28,31)/t22-/m0/s1. The normalized spacial score (nSPS) is 11.4. The van der Waals surface area contributed by atoms with Crippen molar-refractivity contribution < 1.29 is 19.1 Å². The maximum absolute atomic E-state index is 13.4. The molecule has 0 aliphatic heterocycles. The molecule has 0 unspecified atom stereocenters. The van der Waals surface area contributed by atoms with E-state index in [4.69, 9.17) is 21.1 Å². The van der Waals surface area contributed by atoms with Crippen LogP contribution in [0.15, 0.2) is 78.9 Å². The van der Waals surface area contributed by atoms with Gasteiger partial charge in [0.05, 0.1) is 7.11 Å². The summed E-state index contributed by atoms with van der Waals surface area (Å²) in [6.45, 7) is -0.0389. The lowest BCUT2D eigenvalue weighted by molar-refractivity contribution is -0.142. The fourth-order valence-corrected chi connectivity index (χ4v) is 3.73. The Kier molecular flexibility index (Phi) is 8.72. The first kappa shape index (κ1) is 24.1. The van der Waals surface area contributed by atoms with E-state index in [-0.39, 0.29) is 25.0 Å². The molecular weight excluding hydrogens is 440 g/mol. The maximum atomic E-state index is 13.4. The Morgan fingerprint density at radius 1 is 0.939 bits per heavy atom. The molecule has 1 atom stereocenters. The molecular formula is C26H27ClN2O4. The van der Waals surface area contributed by atoms with Crippen molar-refractivity contribution >= 4 is 23.4 Å². The summed E-state index contributed by atoms with van der Waals surface area (Å²) in [7, 11) is 3.10. The summed E-state index contributed by atoms with van der Waals surface area (Å²) >= 11 is 6.16. The first-order valence-corrected chi connectivity index (χ1v) is 10.9. The van der Waals surface area contributed by atoms with Gasteiger partial charge in [-0.3, -0.25) is 9.59 Å². The van der Waals surface area contributed by atoms with Gasteiger partial charge in [-0.05, 0) is 35.4 Å². The maximum Gasteiger partial charge on any atom is 0.261 e. The zero-order valence-electron chi connectivity index (χ0n) is 18.7. The molecule has 0 aliphatic carbocycles. The number of rotatable bonds is 10. The minimum Gasteiger partial charge on any atom is -0.493 e. The van der Waals surface area contributed by atoms with Gasteiger partial charge in [-0.15, -0.1) is 0 Å². The van der Waals surface area contributed by atoms with E-state index in [0.29, 0.717) is 22.9 Å². The van der Waals surface area contributed by atoms with Crippen molar-refractivity contribution in [3.8, 4) is 11.5 Å². The SMILES string of the molecule is CNC(=O)[C@H](Cc1ccccc1)N(Cc1cccc(Cl)c1)C(=O)COc1ccccc1OC. The Balaban J connectivity index is 1.88. The van der Waals surface area contributed by atoms with Crippen LogP contribution >= 0.6 is 11.6 Å². The molecule has 0 heterocycles. The highest BCUT2D eigenvalue weighted by atomic mass is 35.5. The summed E-state index contributed by atoms with van der Waals surface area (Å²) in [5.74, 6) is 0.395. The number of hydrogen-bond acceptors (Lipinski definition) is 4. The molecule has 172 valence electrons. The molecule has 0 fully saturated rings. The molecule has 0 bridgehead atoms. The van der Waals surface area contributed by atoms with Crippen LogP contribution in [0.3, 0.4) is 0 Å². The second-order valence-electron chi connectivity index (χ2n) is 7.41. The Hall–Kier alpha value is -3.51. The second-order valence-corrected chi connectivity index (χ2v) is 7.85. The van der Waals surface area contributed by atoms with Gasteiger partial charge in [0, 0.05) is 25.0 Å². The number of nitrogens with zero attached hydrogens (tertiary/aromatic N) is 1. The third-order valence-electron chi connectivity index (χ3n) is 5.18. The lowest BCUT2D eigenvalue weighted by atomic mass is 10.0. The second kappa shape index (κ2) is 11.9. The number of nitrogens with one attached hydrogen (secondary N) is 1. The van der Waals surface area contributed by atoms with Crippen molar-refractivity contribution in [1.29, 1.82) is 0 Å². The number of methoxy groups -OCH3 is 1. The average molecular weight is 467 g/mol. The van der Waals surface area contributed by atoms with E-state index in [1.165, 1.54) is 12.0 Å². The number of para-hydroxylation sites is 2. The first-order valence-electron chi connectivity index (χ1n) is 10.6. The highest BCUT2D eigenvalue weighted by molar-refractivity contribution is 6.30. The van der Waals surface area contributed by atoms with Gasteiger partial charge in [0.15, 0.2) is 18.1 Å². The van der Waals surface area contributed by atoms with Crippen molar-refractivity contribution in [3.05, 3.63) is 95.0 Å². The van der Waals surface area contributed by atoms with Gasteiger partial charge in [0.25, 0.3) is 5.91 Å². The average Bonchev–Trinajstić information content (AvgIpc) is 2.85. The minimum atomic E-state index is -0.731. The van der Waals surface area contributed by atoms with Crippen molar-refractivity contribution in [2.45, 2.75) is 19.0 Å². The van der Waals surface area contributed by atoms with Gasteiger partial charge in [0.2, 0.25) is 5.91 Å². The van der Waals surface area contributed by atoms with Crippen molar-refractivity contribution in [3.63, 3.8) is 0 Å². The fourth-order valence-electron chi connectivity index (χ4n) is 3.51. The molecule has 1 N–H and O–H groups in total. The first-order chi connectivity index (χ1) is 16.0. The van der Waals surface area contributed by atoms with Crippen LogP contribution in [-0.2, 0) is 22.6 Å². The Morgan fingerprint density at radius 2 is 1.61 bits per heavy atom. The number of carbonyl (C=O) groups is 2. The molecule has 2 amide bonds. The lowest BCUT2D eigenvalue weighted by Crippen LogP contribution is -2.51. The summed E-state index contributed by atoms with van der Waals surface area (Å²) < 4.78 is 11.1. The molecule has 0 saturated carbocycles. The molecule has 6 nitrogen and oxygen atoms in total. The van der Waals surface area contributed by atoms with E-state index in [9.17, 15) is 9.59 Å². The van der Waals surface area contributed by atoms with Gasteiger partial charge in [-0.25, -0.2) is 0 Å². The Labute approximate surface area is 199 Å². The third kappa shape index (κ3) is 6.73. The number of hydrogen-bond donors (Lipinski definition) is 1. The van der Waals surface area contributed by atoms with E-state index < -0.39 is 6.04 Å². The molecule has 0 aromatic heterocycles. The summed E-state index contributed by atoms with van der Waals surface area (Å²) in [5.41, 5.74) is 1.76. The monoisotopic (exact) mass is 466 g/mol. The highest BCUT2D eigenvalue weighted by Gasteiger charge is 2.30. The largest absolute Gasteiger partial charge is 0.493 e.